The van der Waals surface area contributed by atoms with Gasteiger partial charge in [0.25, 0.3) is 6.43 Å². The van der Waals surface area contributed by atoms with E-state index in [2.05, 4.69) is 10.2 Å². The molecule has 4 rings (SSSR count). The molecule has 0 spiro atoms. The largest absolute Gasteiger partial charge is 0.476 e. The maximum absolute atomic E-state index is 14.3. The molecule has 0 saturated heterocycles. The number of hydrogen-bond acceptors (Lipinski definition) is 7. The predicted octanol–water partition coefficient (Wildman–Crippen LogP) is 4.32. The third-order valence-electron chi connectivity index (χ3n) is 5.77. The SMILES string of the molecule is CC(c1ccc(Oc2ccc(C(=O)O)nn2)cc1Cl)C(O)(c1ccc2oc(=O)n(C)c2c1)C(F)F. The first-order valence-electron chi connectivity index (χ1n) is 10.2. The zero-order valence-corrected chi connectivity index (χ0v) is 19.0. The first kappa shape index (κ1) is 24.3. The second-order valence-electron chi connectivity index (χ2n) is 7.80. The molecule has 0 fully saturated rings. The molecule has 2 N–H and O–H groups in total. The Balaban J connectivity index is 1.66. The van der Waals surface area contributed by atoms with Gasteiger partial charge >= 0.3 is 11.7 Å². The van der Waals surface area contributed by atoms with Gasteiger partial charge in [-0.3, -0.25) is 4.57 Å². The number of nitrogens with zero attached hydrogens (tertiary/aromatic N) is 3. The maximum Gasteiger partial charge on any atom is 0.419 e. The van der Waals surface area contributed by atoms with Crippen molar-refractivity contribution in [3.63, 3.8) is 0 Å². The van der Waals surface area contributed by atoms with Gasteiger partial charge in [-0.2, -0.15) is 0 Å². The summed E-state index contributed by atoms with van der Waals surface area (Å²) in [6.07, 6.45) is -3.20. The lowest BCUT2D eigenvalue weighted by atomic mass is 9.78. The lowest BCUT2D eigenvalue weighted by molar-refractivity contribution is -0.116. The summed E-state index contributed by atoms with van der Waals surface area (Å²) < 4.78 is 40.4. The van der Waals surface area contributed by atoms with Crippen LogP contribution < -0.4 is 10.5 Å². The number of aromatic nitrogens is 3. The first-order valence-corrected chi connectivity index (χ1v) is 10.5. The Morgan fingerprint density at radius 1 is 1.17 bits per heavy atom. The molecule has 2 heterocycles. The highest BCUT2D eigenvalue weighted by Crippen LogP contribution is 2.45. The average Bonchev–Trinajstić information content (AvgIpc) is 3.11. The Kier molecular flexibility index (Phi) is 6.30. The van der Waals surface area contributed by atoms with Gasteiger partial charge in [0.2, 0.25) is 5.88 Å². The molecule has 0 radical (unpaired) electrons. The lowest BCUT2D eigenvalue weighted by Gasteiger charge is -2.34. The van der Waals surface area contributed by atoms with E-state index in [1.165, 1.54) is 62.5 Å². The van der Waals surface area contributed by atoms with Crippen molar-refractivity contribution in [1.82, 2.24) is 14.8 Å². The summed E-state index contributed by atoms with van der Waals surface area (Å²) in [5.41, 5.74) is -2.36. The molecule has 182 valence electrons. The average molecular weight is 506 g/mol. The standard InChI is InChI=1S/C23H18ClF2N3O6/c1-11(23(33,21(25)26)12-3-7-18-17(9-12)29(2)22(32)35-18)14-5-4-13(10-15(14)24)34-19-8-6-16(20(30)31)27-28-19/h3-11,21,33H,1-2H3,(H,30,31). The fourth-order valence-electron chi connectivity index (χ4n) is 3.71. The normalized spacial score (nSPS) is 14.1. The highest BCUT2D eigenvalue weighted by atomic mass is 35.5. The predicted molar refractivity (Wildman–Crippen MR) is 120 cm³/mol. The van der Waals surface area contributed by atoms with E-state index in [9.17, 15) is 23.5 Å². The summed E-state index contributed by atoms with van der Waals surface area (Å²) in [6.45, 7) is 1.41. The number of benzene rings is 2. The van der Waals surface area contributed by atoms with Gasteiger partial charge in [0.1, 0.15) is 5.75 Å². The minimum Gasteiger partial charge on any atom is -0.476 e. The molecule has 0 aliphatic rings. The van der Waals surface area contributed by atoms with Crippen molar-refractivity contribution in [2.75, 3.05) is 0 Å². The van der Waals surface area contributed by atoms with Crippen LogP contribution in [-0.4, -0.2) is 37.4 Å². The first-order chi connectivity index (χ1) is 16.5. The number of carboxylic acids is 1. The number of hydrogen-bond donors (Lipinski definition) is 2. The quantitative estimate of drug-likeness (QED) is 0.380. The van der Waals surface area contributed by atoms with Crippen molar-refractivity contribution in [3.8, 4) is 11.6 Å². The Labute approximate surface area is 201 Å². The van der Waals surface area contributed by atoms with E-state index in [0.29, 0.717) is 0 Å². The van der Waals surface area contributed by atoms with Crippen LogP contribution in [0.2, 0.25) is 5.02 Å². The van der Waals surface area contributed by atoms with Crippen molar-refractivity contribution in [1.29, 1.82) is 0 Å². The van der Waals surface area contributed by atoms with Crippen molar-refractivity contribution < 1.29 is 32.9 Å². The summed E-state index contributed by atoms with van der Waals surface area (Å²) in [5, 5.41) is 27.3. The third-order valence-corrected chi connectivity index (χ3v) is 6.09. The molecule has 2 atom stereocenters. The number of oxazole rings is 1. The van der Waals surface area contributed by atoms with Gasteiger partial charge in [-0.1, -0.05) is 30.7 Å². The van der Waals surface area contributed by atoms with Gasteiger partial charge in [-0.15, -0.1) is 10.2 Å². The van der Waals surface area contributed by atoms with Crippen molar-refractivity contribution in [2.24, 2.45) is 7.05 Å². The summed E-state index contributed by atoms with van der Waals surface area (Å²) in [7, 11) is 1.43. The van der Waals surface area contributed by atoms with Gasteiger partial charge in [0.15, 0.2) is 16.9 Å². The van der Waals surface area contributed by atoms with Crippen molar-refractivity contribution >= 4 is 28.7 Å². The van der Waals surface area contributed by atoms with E-state index in [0.717, 1.165) is 4.57 Å². The van der Waals surface area contributed by atoms with Crippen LogP contribution in [0.5, 0.6) is 11.6 Å². The number of halogens is 3. The van der Waals surface area contributed by atoms with Crippen molar-refractivity contribution in [3.05, 3.63) is 80.9 Å². The van der Waals surface area contributed by atoms with E-state index in [-0.39, 0.29) is 44.6 Å². The topological polar surface area (TPSA) is 128 Å². The van der Waals surface area contributed by atoms with Gasteiger partial charge in [0, 0.05) is 24.1 Å². The summed E-state index contributed by atoms with van der Waals surface area (Å²) in [5.74, 6) is -2.90. The minimum atomic E-state index is -3.20. The van der Waals surface area contributed by atoms with Crippen LogP contribution in [0, 0.1) is 0 Å². The molecular formula is C23H18ClF2N3O6. The Hall–Kier alpha value is -3.83. The van der Waals surface area contributed by atoms with Gasteiger partial charge < -0.3 is 19.4 Å². The Bertz CT molecular complexity index is 1470. The van der Waals surface area contributed by atoms with E-state index in [4.69, 9.17) is 25.9 Å². The second kappa shape index (κ2) is 9.08. The summed E-state index contributed by atoms with van der Waals surface area (Å²) in [6, 6.07) is 10.6. The van der Waals surface area contributed by atoms with Crippen LogP contribution in [0.1, 0.15) is 34.5 Å². The van der Waals surface area contributed by atoms with Crippen LogP contribution in [0.3, 0.4) is 0 Å². The fourth-order valence-corrected chi connectivity index (χ4v) is 4.04. The Morgan fingerprint density at radius 3 is 2.51 bits per heavy atom. The van der Waals surface area contributed by atoms with E-state index in [1.54, 1.807) is 0 Å². The molecule has 4 aromatic rings. The molecule has 12 heteroatoms. The molecule has 2 aromatic carbocycles. The molecule has 0 saturated carbocycles. The molecule has 0 aliphatic carbocycles. The third kappa shape index (κ3) is 4.35. The number of rotatable bonds is 7. The zero-order chi connectivity index (χ0) is 25.5. The molecule has 0 amide bonds. The summed E-state index contributed by atoms with van der Waals surface area (Å²) in [4.78, 5) is 22.6. The van der Waals surface area contributed by atoms with E-state index in [1.807, 2.05) is 0 Å². The van der Waals surface area contributed by atoms with Gasteiger partial charge in [-0.05, 0) is 41.5 Å². The van der Waals surface area contributed by atoms with Gasteiger partial charge in [-0.25, -0.2) is 18.4 Å². The molecule has 0 aliphatic heterocycles. The highest BCUT2D eigenvalue weighted by Gasteiger charge is 2.46. The monoisotopic (exact) mass is 505 g/mol. The number of alkyl halides is 2. The van der Waals surface area contributed by atoms with E-state index >= 15 is 0 Å². The highest BCUT2D eigenvalue weighted by molar-refractivity contribution is 6.31. The van der Waals surface area contributed by atoms with Crippen LogP contribution in [0.15, 0.2) is 57.7 Å². The molecule has 35 heavy (non-hydrogen) atoms. The number of carbonyl (C=O) groups is 1. The molecule has 2 aromatic heterocycles. The number of ether oxygens (including phenoxy) is 1. The van der Waals surface area contributed by atoms with Crippen LogP contribution in [0.25, 0.3) is 11.1 Å². The van der Waals surface area contributed by atoms with Crippen molar-refractivity contribution in [2.45, 2.75) is 24.9 Å². The fraction of sp³-hybridized carbons (Fsp3) is 0.217. The number of aliphatic hydroxyl groups is 1. The van der Waals surface area contributed by atoms with Crippen LogP contribution in [-0.2, 0) is 12.6 Å². The van der Waals surface area contributed by atoms with Gasteiger partial charge in [0.05, 0.1) is 5.52 Å². The number of aryl methyl sites for hydroxylation is 1. The number of fused-ring (bicyclic) bond motifs is 1. The molecular weight excluding hydrogens is 488 g/mol. The molecule has 0 bridgehead atoms. The lowest BCUT2D eigenvalue weighted by Crippen LogP contribution is -2.39. The molecule has 2 unspecified atom stereocenters. The van der Waals surface area contributed by atoms with Crippen LogP contribution >= 0.6 is 11.6 Å². The van der Waals surface area contributed by atoms with E-state index < -0.39 is 29.7 Å². The van der Waals surface area contributed by atoms with Crippen LogP contribution in [0.4, 0.5) is 8.78 Å². The second-order valence-corrected chi connectivity index (χ2v) is 8.21. The summed E-state index contributed by atoms with van der Waals surface area (Å²) >= 11 is 6.37. The number of aromatic carboxylic acids is 1. The number of carboxylic acid groups (broad SMARTS) is 1. The molecule has 9 nitrogen and oxygen atoms in total. The maximum atomic E-state index is 14.3. The smallest absolute Gasteiger partial charge is 0.419 e. The Morgan fingerprint density at radius 2 is 1.91 bits per heavy atom. The minimum absolute atomic E-state index is 0.00465. The zero-order valence-electron chi connectivity index (χ0n) is 18.3.